The van der Waals surface area contributed by atoms with Gasteiger partial charge in [-0.1, -0.05) is 20.3 Å². The van der Waals surface area contributed by atoms with Gasteiger partial charge in [0.2, 0.25) is 0 Å². The minimum atomic E-state index is 0.375. The fourth-order valence-electron chi connectivity index (χ4n) is 4.20. The molecule has 0 saturated heterocycles. The second-order valence-corrected chi connectivity index (χ2v) is 8.87. The molecule has 1 saturated carbocycles. The number of fused-ring (bicyclic) bond motifs is 1. The highest BCUT2D eigenvalue weighted by Gasteiger charge is 2.29. The Bertz CT molecular complexity index is 652. The molecule has 0 radical (unpaired) electrons. The van der Waals surface area contributed by atoms with Crippen molar-refractivity contribution in [1.29, 1.82) is 0 Å². The van der Waals surface area contributed by atoms with Gasteiger partial charge in [0.1, 0.15) is 6.79 Å². The lowest BCUT2D eigenvalue weighted by atomic mass is 9.75. The standard InChI is InChI=1S/C19H31N3.C2H4O2.C2H6O.CH2O/c1-13-7-8-15-17(22(13)4)10-9-16(18(15)20)21-14-6-5-11-19(2,3)12-14;1-4-2-3;1-3-2;1-2/h9-10,13-14,21H,5-8,11-12,20H2,1-4H3;2H,1H3;1-2H3;1H2. The minimum absolute atomic E-state index is 0.375. The largest absolute Gasteiger partial charge is 0.471 e. The molecule has 31 heavy (non-hydrogen) atoms. The zero-order chi connectivity index (χ0) is 24.0. The van der Waals surface area contributed by atoms with E-state index in [0.29, 0.717) is 24.0 Å². The number of carbonyl (C=O) groups excluding carboxylic acids is 2. The van der Waals surface area contributed by atoms with Crippen LogP contribution in [0.15, 0.2) is 12.1 Å². The summed E-state index contributed by atoms with van der Waals surface area (Å²) in [5.41, 5.74) is 11.7. The van der Waals surface area contributed by atoms with E-state index in [4.69, 9.17) is 15.3 Å². The molecule has 178 valence electrons. The highest BCUT2D eigenvalue weighted by atomic mass is 16.5. The number of benzene rings is 1. The van der Waals surface area contributed by atoms with Gasteiger partial charge in [0, 0.05) is 44.6 Å². The van der Waals surface area contributed by atoms with E-state index in [1.54, 1.807) is 14.2 Å². The van der Waals surface area contributed by atoms with Crippen molar-refractivity contribution in [3.8, 4) is 0 Å². The SMILES string of the molecule is C=O.CC1CCc2c(ccc(NC3CCCC(C)(C)C3)c2N)N1C.COC.COC=O. The van der Waals surface area contributed by atoms with Gasteiger partial charge in [-0.2, -0.15) is 0 Å². The van der Waals surface area contributed by atoms with Crippen molar-refractivity contribution in [2.45, 2.75) is 71.4 Å². The molecule has 7 nitrogen and oxygen atoms in total. The molecule has 2 aliphatic rings. The molecule has 1 aromatic rings. The second-order valence-electron chi connectivity index (χ2n) is 8.87. The van der Waals surface area contributed by atoms with E-state index in [1.807, 2.05) is 6.79 Å². The Morgan fingerprint density at radius 1 is 1.23 bits per heavy atom. The Labute approximate surface area is 188 Å². The van der Waals surface area contributed by atoms with Crippen LogP contribution in [0.1, 0.15) is 58.4 Å². The highest BCUT2D eigenvalue weighted by molar-refractivity contribution is 5.78. The molecule has 0 spiro atoms. The van der Waals surface area contributed by atoms with Crippen molar-refractivity contribution < 1.29 is 19.1 Å². The number of methoxy groups -OCH3 is 2. The van der Waals surface area contributed by atoms with Crippen LogP contribution in [0, 0.1) is 5.41 Å². The van der Waals surface area contributed by atoms with Crippen molar-refractivity contribution >= 4 is 30.3 Å². The highest BCUT2D eigenvalue weighted by Crippen LogP contribution is 2.40. The maximum Gasteiger partial charge on any atom is 0.292 e. The third kappa shape index (κ3) is 9.17. The van der Waals surface area contributed by atoms with Gasteiger partial charge in [-0.3, -0.25) is 4.79 Å². The van der Waals surface area contributed by atoms with Gasteiger partial charge < -0.3 is 30.2 Å². The minimum Gasteiger partial charge on any atom is -0.471 e. The van der Waals surface area contributed by atoms with Gasteiger partial charge in [0.25, 0.3) is 6.47 Å². The second kappa shape index (κ2) is 14.7. The molecule has 2 unspecified atom stereocenters. The van der Waals surface area contributed by atoms with Gasteiger partial charge in [-0.15, -0.1) is 0 Å². The van der Waals surface area contributed by atoms with Crippen LogP contribution < -0.4 is 16.0 Å². The summed E-state index contributed by atoms with van der Waals surface area (Å²) in [7, 11) is 6.74. The summed E-state index contributed by atoms with van der Waals surface area (Å²) < 4.78 is 8.11. The first kappa shape index (κ1) is 28.7. The van der Waals surface area contributed by atoms with Crippen molar-refractivity contribution in [3.63, 3.8) is 0 Å². The third-order valence-electron chi connectivity index (χ3n) is 5.85. The number of ether oxygens (including phenoxy) is 2. The normalized spacial score (nSPS) is 20.8. The van der Waals surface area contributed by atoms with Crippen molar-refractivity contribution in [2.75, 3.05) is 44.3 Å². The number of nitrogens with one attached hydrogen (secondary N) is 1. The monoisotopic (exact) mass is 437 g/mol. The summed E-state index contributed by atoms with van der Waals surface area (Å²) in [6.07, 6.45) is 7.44. The maximum atomic E-state index is 8.95. The van der Waals surface area contributed by atoms with Gasteiger partial charge >= 0.3 is 0 Å². The van der Waals surface area contributed by atoms with Crippen LogP contribution in [-0.2, 0) is 25.5 Å². The average Bonchev–Trinajstić information content (AvgIpc) is 2.74. The summed E-state index contributed by atoms with van der Waals surface area (Å²) >= 11 is 0. The van der Waals surface area contributed by atoms with E-state index in [1.165, 1.54) is 50.5 Å². The lowest BCUT2D eigenvalue weighted by Gasteiger charge is -2.37. The van der Waals surface area contributed by atoms with E-state index < -0.39 is 0 Å². The van der Waals surface area contributed by atoms with Crippen LogP contribution >= 0.6 is 0 Å². The number of nitrogen functional groups attached to an aromatic ring is 1. The Kier molecular flexibility index (Phi) is 13.6. The molecule has 1 aromatic carbocycles. The molecule has 2 atom stereocenters. The first-order valence-corrected chi connectivity index (χ1v) is 10.8. The van der Waals surface area contributed by atoms with Gasteiger partial charge in [-0.25, -0.2) is 0 Å². The quantitative estimate of drug-likeness (QED) is 0.538. The molecule has 7 heteroatoms. The molecule has 1 heterocycles. The zero-order valence-corrected chi connectivity index (χ0v) is 20.5. The number of hydrogen-bond acceptors (Lipinski definition) is 7. The lowest BCUT2D eigenvalue weighted by molar-refractivity contribution is -0.126. The third-order valence-corrected chi connectivity index (χ3v) is 5.85. The van der Waals surface area contributed by atoms with E-state index >= 15 is 0 Å². The summed E-state index contributed by atoms with van der Waals surface area (Å²) in [6.45, 7) is 9.43. The van der Waals surface area contributed by atoms with Crippen LogP contribution in [-0.4, -0.2) is 53.7 Å². The Morgan fingerprint density at radius 2 is 1.81 bits per heavy atom. The van der Waals surface area contributed by atoms with Gasteiger partial charge in [0.05, 0.1) is 18.5 Å². The van der Waals surface area contributed by atoms with Crippen LogP contribution in [0.5, 0.6) is 0 Å². The number of nitrogens with zero attached hydrogens (tertiary/aromatic N) is 1. The Hall–Kier alpha value is -2.28. The lowest BCUT2D eigenvalue weighted by Crippen LogP contribution is -2.34. The Balaban J connectivity index is 0.000000865. The molecule has 0 amide bonds. The average molecular weight is 438 g/mol. The summed E-state index contributed by atoms with van der Waals surface area (Å²) in [5, 5.41) is 3.74. The van der Waals surface area contributed by atoms with E-state index in [0.717, 1.165) is 17.8 Å². The van der Waals surface area contributed by atoms with Gasteiger partial charge in [-0.05, 0) is 56.6 Å². The predicted molar refractivity (Wildman–Crippen MR) is 130 cm³/mol. The van der Waals surface area contributed by atoms with E-state index in [9.17, 15) is 0 Å². The molecule has 0 aromatic heterocycles. The van der Waals surface area contributed by atoms with Crippen molar-refractivity contribution in [1.82, 2.24) is 0 Å². The number of anilines is 3. The van der Waals surface area contributed by atoms with E-state index in [2.05, 4.69) is 59.6 Å². The molecule has 0 bridgehead atoms. The fourth-order valence-corrected chi connectivity index (χ4v) is 4.20. The molecule has 3 N–H and O–H groups in total. The molecule has 1 aliphatic heterocycles. The first-order valence-electron chi connectivity index (χ1n) is 10.8. The number of nitrogens with two attached hydrogens (primary N) is 1. The fraction of sp³-hybridized carbons (Fsp3) is 0.667. The maximum absolute atomic E-state index is 8.95. The predicted octanol–water partition coefficient (Wildman–Crippen LogP) is 4.29. The summed E-state index contributed by atoms with van der Waals surface area (Å²) in [4.78, 5) is 19.3. The molecule has 1 aliphatic carbocycles. The first-order chi connectivity index (χ1) is 14.7. The van der Waals surface area contributed by atoms with Crippen LogP contribution in [0.4, 0.5) is 17.1 Å². The van der Waals surface area contributed by atoms with Crippen LogP contribution in [0.3, 0.4) is 0 Å². The van der Waals surface area contributed by atoms with Crippen LogP contribution in [0.25, 0.3) is 0 Å². The zero-order valence-electron chi connectivity index (χ0n) is 20.5. The number of rotatable bonds is 3. The molecule has 3 rings (SSSR count). The number of carbonyl (C=O) groups is 2. The summed E-state index contributed by atoms with van der Waals surface area (Å²) in [6, 6.07) is 5.59. The molecular formula is C24H43N3O4. The van der Waals surface area contributed by atoms with Crippen molar-refractivity contribution in [2.24, 2.45) is 5.41 Å². The van der Waals surface area contributed by atoms with E-state index in [-0.39, 0.29) is 0 Å². The molecule has 1 fully saturated rings. The molecular weight excluding hydrogens is 394 g/mol. The van der Waals surface area contributed by atoms with Gasteiger partial charge in [0.15, 0.2) is 0 Å². The number of hydrogen-bond donors (Lipinski definition) is 2. The smallest absolute Gasteiger partial charge is 0.292 e. The van der Waals surface area contributed by atoms with Crippen molar-refractivity contribution in [3.05, 3.63) is 17.7 Å². The topological polar surface area (TPSA) is 93.9 Å². The summed E-state index contributed by atoms with van der Waals surface area (Å²) in [5.74, 6) is 0. The van der Waals surface area contributed by atoms with Crippen LogP contribution in [0.2, 0.25) is 0 Å². The Morgan fingerprint density at radius 3 is 2.32 bits per heavy atom.